The van der Waals surface area contributed by atoms with Crippen LogP contribution in [0.25, 0.3) is 0 Å². The summed E-state index contributed by atoms with van der Waals surface area (Å²) >= 11 is 1.77. The predicted molar refractivity (Wildman–Crippen MR) is 112 cm³/mol. The largest absolute Gasteiger partial charge is 0.357 e. The molecule has 0 amide bonds. The SMILES string of the molecule is CCNC(=NCc1ncccc1C)NCCc1nc(C)c(C)s1.I. The zero-order valence-corrected chi connectivity index (χ0v) is 17.9. The number of halogens is 1. The average molecular weight is 459 g/mol. The summed E-state index contributed by atoms with van der Waals surface area (Å²) < 4.78 is 0. The first-order valence-corrected chi connectivity index (χ1v) is 8.77. The third kappa shape index (κ3) is 6.35. The highest BCUT2D eigenvalue weighted by atomic mass is 127. The first kappa shape index (κ1) is 20.8. The molecule has 0 aromatic carbocycles. The number of hydrogen-bond donors (Lipinski definition) is 2. The van der Waals surface area contributed by atoms with Crippen LogP contribution < -0.4 is 10.6 Å². The molecule has 2 aromatic rings. The molecule has 0 unspecified atom stereocenters. The minimum atomic E-state index is 0. The van der Waals surface area contributed by atoms with Crippen molar-refractivity contribution < 1.29 is 0 Å². The fourth-order valence-electron chi connectivity index (χ4n) is 2.11. The minimum Gasteiger partial charge on any atom is -0.357 e. The Labute approximate surface area is 165 Å². The van der Waals surface area contributed by atoms with E-state index in [1.54, 1.807) is 11.3 Å². The maximum absolute atomic E-state index is 4.61. The first-order valence-electron chi connectivity index (χ1n) is 7.95. The van der Waals surface area contributed by atoms with E-state index in [1.807, 2.05) is 12.3 Å². The summed E-state index contributed by atoms with van der Waals surface area (Å²) in [4.78, 5) is 14.9. The van der Waals surface area contributed by atoms with Gasteiger partial charge in [-0.1, -0.05) is 6.07 Å². The zero-order valence-electron chi connectivity index (χ0n) is 14.7. The summed E-state index contributed by atoms with van der Waals surface area (Å²) in [6.07, 6.45) is 2.72. The van der Waals surface area contributed by atoms with Crippen molar-refractivity contribution in [2.75, 3.05) is 13.1 Å². The van der Waals surface area contributed by atoms with Crippen molar-refractivity contribution in [1.29, 1.82) is 0 Å². The molecule has 2 rings (SSSR count). The fourth-order valence-corrected chi connectivity index (χ4v) is 3.05. The topological polar surface area (TPSA) is 62.2 Å². The lowest BCUT2D eigenvalue weighted by Crippen LogP contribution is -2.38. The lowest BCUT2D eigenvalue weighted by atomic mass is 10.2. The Morgan fingerprint density at radius 2 is 2.04 bits per heavy atom. The molecular formula is C17H26IN5S. The van der Waals surface area contributed by atoms with Crippen molar-refractivity contribution in [1.82, 2.24) is 20.6 Å². The molecule has 0 atom stereocenters. The fraction of sp³-hybridized carbons (Fsp3) is 0.471. The Morgan fingerprint density at radius 3 is 2.67 bits per heavy atom. The van der Waals surface area contributed by atoms with Crippen LogP contribution in [0.15, 0.2) is 23.3 Å². The summed E-state index contributed by atoms with van der Waals surface area (Å²) in [5.74, 6) is 0.822. The van der Waals surface area contributed by atoms with Crippen molar-refractivity contribution in [2.24, 2.45) is 4.99 Å². The molecule has 0 bridgehead atoms. The van der Waals surface area contributed by atoms with Gasteiger partial charge in [-0.15, -0.1) is 35.3 Å². The Bertz CT molecular complexity index is 649. The molecule has 0 radical (unpaired) electrons. The van der Waals surface area contributed by atoms with Crippen LogP contribution in [0.4, 0.5) is 0 Å². The molecule has 2 aromatic heterocycles. The summed E-state index contributed by atoms with van der Waals surface area (Å²) in [6, 6.07) is 4.01. The van der Waals surface area contributed by atoms with Gasteiger partial charge in [0.05, 0.1) is 22.9 Å². The molecule has 0 saturated carbocycles. The standard InChI is InChI=1S/C17H25N5S.HI/c1-5-18-17(21-11-15-12(2)7-6-9-19-15)20-10-8-16-22-13(3)14(4)23-16;/h6-7,9H,5,8,10-11H2,1-4H3,(H2,18,20,21);1H. The Hall–Kier alpha value is -1.22. The summed E-state index contributed by atoms with van der Waals surface area (Å²) in [7, 11) is 0. The van der Waals surface area contributed by atoms with Gasteiger partial charge in [0.2, 0.25) is 0 Å². The van der Waals surface area contributed by atoms with Crippen LogP contribution in [0.1, 0.15) is 33.8 Å². The zero-order chi connectivity index (χ0) is 16.7. The normalized spacial score (nSPS) is 11.1. The second-order valence-electron chi connectivity index (χ2n) is 5.39. The highest BCUT2D eigenvalue weighted by Gasteiger charge is 2.04. The summed E-state index contributed by atoms with van der Waals surface area (Å²) in [5.41, 5.74) is 3.31. The molecule has 5 nitrogen and oxygen atoms in total. The number of aliphatic imine (C=N–C) groups is 1. The number of rotatable bonds is 6. The lowest BCUT2D eigenvalue weighted by Gasteiger charge is -2.11. The number of hydrogen-bond acceptors (Lipinski definition) is 4. The molecule has 0 aliphatic heterocycles. The molecule has 2 heterocycles. The molecule has 0 fully saturated rings. The van der Waals surface area contributed by atoms with Crippen LogP contribution in [0.5, 0.6) is 0 Å². The smallest absolute Gasteiger partial charge is 0.191 e. The van der Waals surface area contributed by atoms with Gasteiger partial charge in [-0.2, -0.15) is 0 Å². The van der Waals surface area contributed by atoms with Gasteiger partial charge in [0.15, 0.2) is 5.96 Å². The van der Waals surface area contributed by atoms with Crippen LogP contribution in [0.2, 0.25) is 0 Å². The molecule has 0 aliphatic rings. The average Bonchev–Trinajstić information content (AvgIpc) is 2.84. The van der Waals surface area contributed by atoms with Gasteiger partial charge < -0.3 is 10.6 Å². The number of guanidine groups is 1. The third-order valence-corrected chi connectivity index (χ3v) is 4.69. The monoisotopic (exact) mass is 459 g/mol. The Balaban J connectivity index is 0.00000288. The van der Waals surface area contributed by atoms with Gasteiger partial charge >= 0.3 is 0 Å². The molecule has 7 heteroatoms. The number of pyridine rings is 1. The van der Waals surface area contributed by atoms with Gasteiger partial charge in [0, 0.05) is 30.6 Å². The summed E-state index contributed by atoms with van der Waals surface area (Å²) in [5, 5.41) is 7.80. The molecule has 132 valence electrons. The molecule has 2 N–H and O–H groups in total. The second kappa shape index (κ2) is 10.6. The van der Waals surface area contributed by atoms with E-state index in [0.717, 1.165) is 36.9 Å². The molecule has 0 saturated heterocycles. The first-order chi connectivity index (χ1) is 11.1. The lowest BCUT2D eigenvalue weighted by molar-refractivity contribution is 0.792. The van der Waals surface area contributed by atoms with E-state index in [4.69, 9.17) is 0 Å². The van der Waals surface area contributed by atoms with Gasteiger partial charge in [-0.3, -0.25) is 4.98 Å². The highest BCUT2D eigenvalue weighted by Crippen LogP contribution is 2.16. The van der Waals surface area contributed by atoms with Crippen molar-refractivity contribution in [2.45, 2.75) is 40.7 Å². The number of aromatic nitrogens is 2. The van der Waals surface area contributed by atoms with E-state index in [0.29, 0.717) is 6.54 Å². The number of nitrogens with one attached hydrogen (secondary N) is 2. The molecule has 0 spiro atoms. The molecule has 0 aliphatic carbocycles. The molecule has 24 heavy (non-hydrogen) atoms. The number of thiazole rings is 1. The van der Waals surface area contributed by atoms with Crippen LogP contribution in [0, 0.1) is 20.8 Å². The highest BCUT2D eigenvalue weighted by molar-refractivity contribution is 14.0. The van der Waals surface area contributed by atoms with Crippen molar-refractivity contribution in [3.8, 4) is 0 Å². The maximum atomic E-state index is 4.61. The quantitative estimate of drug-likeness (QED) is 0.395. The Kier molecular flexibility index (Phi) is 9.20. The van der Waals surface area contributed by atoms with Crippen molar-refractivity contribution in [3.05, 3.63) is 45.2 Å². The van der Waals surface area contributed by atoms with Crippen molar-refractivity contribution >= 4 is 41.3 Å². The van der Waals surface area contributed by atoms with E-state index in [-0.39, 0.29) is 24.0 Å². The van der Waals surface area contributed by atoms with E-state index < -0.39 is 0 Å². The van der Waals surface area contributed by atoms with Crippen LogP contribution in [-0.4, -0.2) is 29.0 Å². The molecular weight excluding hydrogens is 433 g/mol. The van der Waals surface area contributed by atoms with E-state index in [2.05, 4.69) is 59.4 Å². The summed E-state index contributed by atoms with van der Waals surface area (Å²) in [6.45, 7) is 10.5. The Morgan fingerprint density at radius 1 is 1.25 bits per heavy atom. The van der Waals surface area contributed by atoms with Gasteiger partial charge in [0.1, 0.15) is 0 Å². The van der Waals surface area contributed by atoms with E-state index in [1.165, 1.54) is 15.4 Å². The van der Waals surface area contributed by atoms with Crippen molar-refractivity contribution in [3.63, 3.8) is 0 Å². The van der Waals surface area contributed by atoms with Crippen LogP contribution in [0.3, 0.4) is 0 Å². The van der Waals surface area contributed by atoms with Gasteiger partial charge in [-0.05, 0) is 39.3 Å². The number of aryl methyl sites for hydroxylation is 3. The third-order valence-electron chi connectivity index (χ3n) is 3.55. The van der Waals surface area contributed by atoms with E-state index >= 15 is 0 Å². The van der Waals surface area contributed by atoms with Gasteiger partial charge in [0.25, 0.3) is 0 Å². The van der Waals surface area contributed by atoms with Crippen LogP contribution >= 0.6 is 35.3 Å². The van der Waals surface area contributed by atoms with Gasteiger partial charge in [-0.25, -0.2) is 9.98 Å². The second-order valence-corrected chi connectivity index (χ2v) is 6.68. The number of nitrogens with zero attached hydrogens (tertiary/aromatic N) is 3. The minimum absolute atomic E-state index is 0. The van der Waals surface area contributed by atoms with E-state index in [9.17, 15) is 0 Å². The maximum Gasteiger partial charge on any atom is 0.191 e. The predicted octanol–water partition coefficient (Wildman–Crippen LogP) is 3.38. The van der Waals surface area contributed by atoms with Crippen LogP contribution in [-0.2, 0) is 13.0 Å².